The van der Waals surface area contributed by atoms with Gasteiger partial charge in [0.25, 0.3) is 5.91 Å². The van der Waals surface area contributed by atoms with Crippen molar-refractivity contribution in [3.63, 3.8) is 0 Å². The van der Waals surface area contributed by atoms with Gasteiger partial charge < -0.3 is 5.32 Å². The Labute approximate surface area is 183 Å². The second-order valence-electron chi connectivity index (χ2n) is 6.85. The number of nitrogens with zero attached hydrogens (tertiary/aromatic N) is 1. The topological polar surface area (TPSA) is 61.2 Å². The molecule has 0 bridgehead atoms. The molecule has 0 spiro atoms. The van der Waals surface area contributed by atoms with Crippen molar-refractivity contribution in [1.82, 2.24) is 10.7 Å². The first-order valence-corrected chi connectivity index (χ1v) is 10.1. The molecule has 2 N–H and O–H groups in total. The fourth-order valence-corrected chi connectivity index (χ4v) is 3.70. The molecule has 3 aromatic rings. The zero-order chi connectivity index (χ0) is 21.1. The SMILES string of the molecule is O=C(N[C@@H]1C(=O)N/[N+](=C\c2ccccc2Cl)[C@H]1c1ccccc1)c1ccc(Cl)cc1. The Balaban J connectivity index is 1.70. The summed E-state index contributed by atoms with van der Waals surface area (Å²) in [5.74, 6) is -0.665. The summed E-state index contributed by atoms with van der Waals surface area (Å²) in [4.78, 5) is 25.6. The van der Waals surface area contributed by atoms with Crippen molar-refractivity contribution in [1.29, 1.82) is 0 Å². The maximum absolute atomic E-state index is 12.8. The number of hydrazine groups is 1. The minimum Gasteiger partial charge on any atom is -0.334 e. The van der Waals surface area contributed by atoms with Crippen LogP contribution in [0.15, 0.2) is 78.9 Å². The highest BCUT2D eigenvalue weighted by molar-refractivity contribution is 6.33. The van der Waals surface area contributed by atoms with Gasteiger partial charge in [0.2, 0.25) is 12.3 Å². The maximum Gasteiger partial charge on any atom is 0.304 e. The standard InChI is InChI=1S/C23H17Cl2N3O2/c24-18-12-10-16(11-13-18)22(29)26-20-21(15-6-2-1-3-7-15)28(27-23(20)30)14-17-8-4-5-9-19(17)25/h1-14,20-21H,(H-,26,27,29,30)/p+1/b28-14-/t20-,21-/m0/s1. The van der Waals surface area contributed by atoms with Crippen LogP contribution in [0.2, 0.25) is 10.0 Å². The number of hydrazone groups is 1. The molecule has 0 aliphatic carbocycles. The van der Waals surface area contributed by atoms with Crippen LogP contribution in [0.1, 0.15) is 27.5 Å². The van der Waals surface area contributed by atoms with Crippen LogP contribution in [0.5, 0.6) is 0 Å². The van der Waals surface area contributed by atoms with E-state index in [2.05, 4.69) is 10.7 Å². The molecular weight excluding hydrogens is 421 g/mol. The molecule has 1 heterocycles. The number of amides is 2. The van der Waals surface area contributed by atoms with Gasteiger partial charge in [-0.25, -0.2) is 0 Å². The van der Waals surface area contributed by atoms with Gasteiger partial charge in [-0.2, -0.15) is 0 Å². The molecule has 0 unspecified atom stereocenters. The summed E-state index contributed by atoms with van der Waals surface area (Å²) < 4.78 is 1.69. The third-order valence-electron chi connectivity index (χ3n) is 4.85. The Bertz CT molecular complexity index is 1110. The molecule has 0 aromatic heterocycles. The fraction of sp³-hybridized carbons (Fsp3) is 0.0870. The van der Waals surface area contributed by atoms with Gasteiger partial charge in [-0.15, -0.1) is 10.1 Å². The number of carbonyl (C=O) groups excluding carboxylic acids is 2. The average molecular weight is 439 g/mol. The third kappa shape index (κ3) is 4.22. The predicted octanol–water partition coefficient (Wildman–Crippen LogP) is 4.01. The highest BCUT2D eigenvalue weighted by Gasteiger charge is 2.47. The summed E-state index contributed by atoms with van der Waals surface area (Å²) in [6.45, 7) is 0. The van der Waals surface area contributed by atoms with Crippen LogP contribution in [0.4, 0.5) is 0 Å². The quantitative estimate of drug-likeness (QED) is 0.604. The molecule has 2 atom stereocenters. The molecule has 1 saturated heterocycles. The Morgan fingerprint density at radius 2 is 1.60 bits per heavy atom. The number of carbonyl (C=O) groups is 2. The molecule has 1 fully saturated rings. The van der Waals surface area contributed by atoms with Gasteiger partial charge in [0.15, 0.2) is 6.04 Å². The molecule has 1 aliphatic rings. The molecule has 5 nitrogen and oxygen atoms in total. The predicted molar refractivity (Wildman–Crippen MR) is 117 cm³/mol. The molecule has 7 heteroatoms. The van der Waals surface area contributed by atoms with Crippen molar-refractivity contribution >= 4 is 41.2 Å². The normalized spacial score (nSPS) is 19.5. The lowest BCUT2D eigenvalue weighted by Gasteiger charge is -2.14. The van der Waals surface area contributed by atoms with Gasteiger partial charge in [-0.3, -0.25) is 9.59 Å². The van der Waals surface area contributed by atoms with Crippen LogP contribution in [0, 0.1) is 0 Å². The van der Waals surface area contributed by atoms with E-state index in [0.717, 1.165) is 11.1 Å². The van der Waals surface area contributed by atoms with Gasteiger partial charge in [-0.1, -0.05) is 65.7 Å². The zero-order valence-electron chi connectivity index (χ0n) is 15.8. The van der Waals surface area contributed by atoms with Crippen LogP contribution in [0.25, 0.3) is 0 Å². The Morgan fingerprint density at radius 3 is 2.30 bits per heavy atom. The Kier molecular flexibility index (Phi) is 5.84. The number of benzene rings is 3. The van der Waals surface area contributed by atoms with Crippen molar-refractivity contribution in [2.75, 3.05) is 0 Å². The van der Waals surface area contributed by atoms with Crippen molar-refractivity contribution in [3.05, 3.63) is 106 Å². The van der Waals surface area contributed by atoms with Crippen molar-refractivity contribution < 1.29 is 14.3 Å². The van der Waals surface area contributed by atoms with Crippen LogP contribution in [0.3, 0.4) is 0 Å². The lowest BCUT2D eigenvalue weighted by molar-refractivity contribution is -0.596. The number of hydrogen-bond donors (Lipinski definition) is 2. The molecule has 2 amide bonds. The summed E-state index contributed by atoms with van der Waals surface area (Å²) in [7, 11) is 0. The summed E-state index contributed by atoms with van der Waals surface area (Å²) in [5.41, 5.74) is 4.89. The molecule has 0 saturated carbocycles. The van der Waals surface area contributed by atoms with E-state index < -0.39 is 12.1 Å². The van der Waals surface area contributed by atoms with Gasteiger partial charge in [0, 0.05) is 16.1 Å². The first-order valence-electron chi connectivity index (χ1n) is 9.32. The highest BCUT2D eigenvalue weighted by Crippen LogP contribution is 2.26. The van der Waals surface area contributed by atoms with Gasteiger partial charge in [0.1, 0.15) is 0 Å². The van der Waals surface area contributed by atoms with Gasteiger partial charge >= 0.3 is 5.91 Å². The van der Waals surface area contributed by atoms with E-state index in [1.165, 1.54) is 0 Å². The van der Waals surface area contributed by atoms with Crippen LogP contribution < -0.4 is 10.7 Å². The maximum atomic E-state index is 12.8. The van der Waals surface area contributed by atoms with Crippen molar-refractivity contribution in [2.45, 2.75) is 12.1 Å². The van der Waals surface area contributed by atoms with E-state index in [-0.39, 0.29) is 11.8 Å². The van der Waals surface area contributed by atoms with E-state index in [0.29, 0.717) is 15.6 Å². The minimum atomic E-state index is -0.797. The van der Waals surface area contributed by atoms with E-state index in [9.17, 15) is 9.59 Å². The largest absolute Gasteiger partial charge is 0.334 e. The monoisotopic (exact) mass is 438 g/mol. The third-order valence-corrected chi connectivity index (χ3v) is 5.45. The number of rotatable bonds is 4. The zero-order valence-corrected chi connectivity index (χ0v) is 17.3. The molecule has 0 radical (unpaired) electrons. The van der Waals surface area contributed by atoms with Gasteiger partial charge in [-0.05, 0) is 36.4 Å². The molecule has 1 aliphatic heterocycles. The number of nitrogens with one attached hydrogen (secondary N) is 2. The minimum absolute atomic E-state index is 0.311. The van der Waals surface area contributed by atoms with Gasteiger partial charge in [0.05, 0.1) is 10.6 Å². The first-order chi connectivity index (χ1) is 14.5. The summed E-state index contributed by atoms with van der Waals surface area (Å²) in [6.07, 6.45) is 1.77. The van der Waals surface area contributed by atoms with E-state index in [1.807, 2.05) is 48.5 Å². The number of halogens is 2. The number of hydrogen-bond acceptors (Lipinski definition) is 2. The average Bonchev–Trinajstić information content (AvgIpc) is 3.05. The summed E-state index contributed by atoms with van der Waals surface area (Å²) >= 11 is 12.2. The van der Waals surface area contributed by atoms with E-state index in [1.54, 1.807) is 41.2 Å². The van der Waals surface area contributed by atoms with E-state index >= 15 is 0 Å². The Hall–Kier alpha value is -3.15. The smallest absolute Gasteiger partial charge is 0.304 e. The molecule has 4 rings (SSSR count). The van der Waals surface area contributed by atoms with Crippen molar-refractivity contribution in [3.8, 4) is 0 Å². The first kappa shape index (κ1) is 20.1. The molecular formula is C23H18Cl2N3O2+. The van der Waals surface area contributed by atoms with Crippen LogP contribution >= 0.6 is 23.2 Å². The molecule has 150 valence electrons. The second kappa shape index (κ2) is 8.69. The van der Waals surface area contributed by atoms with E-state index in [4.69, 9.17) is 23.2 Å². The summed E-state index contributed by atoms with van der Waals surface area (Å²) in [6, 6.07) is 22.1. The second-order valence-corrected chi connectivity index (χ2v) is 7.69. The van der Waals surface area contributed by atoms with Crippen LogP contribution in [-0.2, 0) is 4.79 Å². The lowest BCUT2D eigenvalue weighted by Crippen LogP contribution is -2.42. The summed E-state index contributed by atoms with van der Waals surface area (Å²) in [5, 5.41) is 3.95. The Morgan fingerprint density at radius 1 is 0.933 bits per heavy atom. The lowest BCUT2D eigenvalue weighted by atomic mass is 10.00. The molecule has 30 heavy (non-hydrogen) atoms. The van der Waals surface area contributed by atoms with Crippen LogP contribution in [-0.4, -0.2) is 28.8 Å². The fourth-order valence-electron chi connectivity index (χ4n) is 3.39. The highest BCUT2D eigenvalue weighted by atomic mass is 35.5. The molecule has 3 aromatic carbocycles. The van der Waals surface area contributed by atoms with Crippen molar-refractivity contribution in [2.24, 2.45) is 0 Å².